The van der Waals surface area contributed by atoms with Gasteiger partial charge in [0.25, 0.3) is 0 Å². The third-order valence-electron chi connectivity index (χ3n) is 5.25. The van der Waals surface area contributed by atoms with E-state index in [0.717, 1.165) is 29.5 Å². The highest BCUT2D eigenvalue weighted by Gasteiger charge is 2.33. The molecule has 0 aliphatic heterocycles. The van der Waals surface area contributed by atoms with Crippen LogP contribution < -0.4 is 5.73 Å². The van der Waals surface area contributed by atoms with Gasteiger partial charge >= 0.3 is 0 Å². The van der Waals surface area contributed by atoms with Crippen molar-refractivity contribution in [1.29, 1.82) is 0 Å². The van der Waals surface area contributed by atoms with Gasteiger partial charge in [-0.3, -0.25) is 0 Å². The third kappa shape index (κ3) is 3.63. The molecule has 0 bridgehead atoms. The van der Waals surface area contributed by atoms with Crippen LogP contribution in [0.4, 0.5) is 0 Å². The topological polar surface area (TPSA) is 66.5 Å². The summed E-state index contributed by atoms with van der Waals surface area (Å²) in [5, 5.41) is 21.4. The number of nitrogens with two attached hydrogens (primary N) is 1. The molecular formula is C21H29NO2. The highest BCUT2D eigenvalue weighted by molar-refractivity contribution is 5.45. The molecule has 3 heteroatoms. The molecule has 130 valence electrons. The minimum absolute atomic E-state index is 0.204. The Morgan fingerprint density at radius 3 is 2.08 bits per heavy atom. The van der Waals surface area contributed by atoms with E-state index in [1.54, 1.807) is 12.1 Å². The van der Waals surface area contributed by atoms with Crippen LogP contribution in [-0.4, -0.2) is 15.8 Å². The monoisotopic (exact) mass is 327 g/mol. The van der Waals surface area contributed by atoms with Crippen molar-refractivity contribution in [3.8, 4) is 5.75 Å². The van der Waals surface area contributed by atoms with Gasteiger partial charge < -0.3 is 15.9 Å². The van der Waals surface area contributed by atoms with Crippen LogP contribution in [0.1, 0.15) is 56.7 Å². The lowest BCUT2D eigenvalue weighted by molar-refractivity contribution is 0.0752. The summed E-state index contributed by atoms with van der Waals surface area (Å²) in [6.07, 6.45) is 2.85. The lowest BCUT2D eigenvalue weighted by Gasteiger charge is -2.33. The fraction of sp³-hybridized carbons (Fsp3) is 0.429. The smallest absolute Gasteiger partial charge is 0.115 e. The summed E-state index contributed by atoms with van der Waals surface area (Å²) >= 11 is 0. The first-order chi connectivity index (χ1) is 11.4. The maximum atomic E-state index is 11.5. The molecule has 0 amide bonds. The maximum absolute atomic E-state index is 11.5. The minimum Gasteiger partial charge on any atom is -0.508 e. The zero-order valence-electron chi connectivity index (χ0n) is 14.9. The van der Waals surface area contributed by atoms with E-state index in [4.69, 9.17) is 5.73 Å². The molecule has 4 N–H and O–H groups in total. The van der Waals surface area contributed by atoms with Crippen molar-refractivity contribution in [2.24, 2.45) is 5.73 Å². The van der Waals surface area contributed by atoms with E-state index in [1.807, 2.05) is 43.3 Å². The molecule has 0 aromatic heterocycles. The molecule has 2 rings (SSSR count). The number of benzene rings is 2. The molecule has 0 heterocycles. The standard InChI is InChI=1S/C21H29NO2/c1-4-20(22,5-2)15-16-14-18(23)12-13-19(16)21(24,6-3)17-10-8-7-9-11-17/h7-14,23-24H,4-6,15,22H2,1-3H3. The molecular weight excluding hydrogens is 298 g/mol. The zero-order chi connectivity index (χ0) is 17.8. The van der Waals surface area contributed by atoms with E-state index < -0.39 is 5.60 Å². The molecule has 0 saturated carbocycles. The van der Waals surface area contributed by atoms with Crippen LogP contribution in [0.25, 0.3) is 0 Å². The summed E-state index contributed by atoms with van der Waals surface area (Å²) in [5.41, 5.74) is 7.67. The minimum atomic E-state index is -1.09. The Labute approximate surface area is 145 Å². The van der Waals surface area contributed by atoms with Crippen LogP contribution in [-0.2, 0) is 12.0 Å². The van der Waals surface area contributed by atoms with Crippen molar-refractivity contribution in [1.82, 2.24) is 0 Å². The Bertz CT molecular complexity index is 665. The molecule has 1 unspecified atom stereocenters. The van der Waals surface area contributed by atoms with E-state index in [9.17, 15) is 10.2 Å². The summed E-state index contributed by atoms with van der Waals surface area (Å²) < 4.78 is 0. The molecule has 0 aliphatic carbocycles. The molecule has 0 fully saturated rings. The Hall–Kier alpha value is -1.84. The average Bonchev–Trinajstić information content (AvgIpc) is 2.62. The Morgan fingerprint density at radius 2 is 1.54 bits per heavy atom. The second-order valence-electron chi connectivity index (χ2n) is 6.67. The number of hydrogen-bond donors (Lipinski definition) is 3. The summed E-state index contributed by atoms with van der Waals surface area (Å²) in [6, 6.07) is 14.9. The largest absolute Gasteiger partial charge is 0.508 e. The quantitative estimate of drug-likeness (QED) is 0.717. The maximum Gasteiger partial charge on any atom is 0.115 e. The zero-order valence-corrected chi connectivity index (χ0v) is 14.9. The lowest BCUT2D eigenvalue weighted by atomic mass is 9.77. The first kappa shape index (κ1) is 18.5. The van der Waals surface area contributed by atoms with Crippen LogP contribution in [0.3, 0.4) is 0 Å². The van der Waals surface area contributed by atoms with Gasteiger partial charge in [-0.2, -0.15) is 0 Å². The van der Waals surface area contributed by atoms with Crippen molar-refractivity contribution in [3.05, 3.63) is 65.2 Å². The predicted octanol–water partition coefficient (Wildman–Crippen LogP) is 4.10. The molecule has 1 atom stereocenters. The first-order valence-corrected chi connectivity index (χ1v) is 8.77. The third-order valence-corrected chi connectivity index (χ3v) is 5.25. The number of hydrogen-bond acceptors (Lipinski definition) is 3. The van der Waals surface area contributed by atoms with Gasteiger partial charge in [-0.25, -0.2) is 0 Å². The summed E-state index contributed by atoms with van der Waals surface area (Å²) in [6.45, 7) is 6.13. The van der Waals surface area contributed by atoms with Gasteiger partial charge in [0.1, 0.15) is 11.4 Å². The molecule has 0 spiro atoms. The Kier molecular flexibility index (Phi) is 5.68. The number of rotatable bonds is 7. The van der Waals surface area contributed by atoms with Crippen LogP contribution in [0.5, 0.6) is 5.75 Å². The van der Waals surface area contributed by atoms with Gasteiger partial charge in [0.05, 0.1) is 0 Å². The molecule has 2 aromatic rings. The first-order valence-electron chi connectivity index (χ1n) is 8.77. The molecule has 3 nitrogen and oxygen atoms in total. The molecule has 0 radical (unpaired) electrons. The Balaban J connectivity index is 2.57. The summed E-state index contributed by atoms with van der Waals surface area (Å²) in [7, 11) is 0. The van der Waals surface area contributed by atoms with Crippen molar-refractivity contribution in [3.63, 3.8) is 0 Å². The van der Waals surface area contributed by atoms with E-state index in [1.165, 1.54) is 0 Å². The summed E-state index contributed by atoms with van der Waals surface area (Å²) in [4.78, 5) is 0. The fourth-order valence-corrected chi connectivity index (χ4v) is 3.27. The van der Waals surface area contributed by atoms with Crippen LogP contribution in [0, 0.1) is 0 Å². The van der Waals surface area contributed by atoms with Gasteiger partial charge in [-0.05, 0) is 54.5 Å². The number of aliphatic hydroxyl groups is 1. The van der Waals surface area contributed by atoms with Gasteiger partial charge in [0.15, 0.2) is 0 Å². The lowest BCUT2D eigenvalue weighted by Crippen LogP contribution is -2.41. The average molecular weight is 327 g/mol. The van der Waals surface area contributed by atoms with E-state index in [0.29, 0.717) is 12.8 Å². The molecule has 2 aromatic carbocycles. The van der Waals surface area contributed by atoms with Crippen molar-refractivity contribution in [2.75, 3.05) is 0 Å². The van der Waals surface area contributed by atoms with E-state index >= 15 is 0 Å². The number of aromatic hydroxyl groups is 1. The van der Waals surface area contributed by atoms with Crippen molar-refractivity contribution < 1.29 is 10.2 Å². The van der Waals surface area contributed by atoms with Crippen LogP contribution in [0.15, 0.2) is 48.5 Å². The summed E-state index contributed by atoms with van der Waals surface area (Å²) in [5.74, 6) is 0.204. The number of phenols is 1. The fourth-order valence-electron chi connectivity index (χ4n) is 3.27. The van der Waals surface area contributed by atoms with Crippen LogP contribution >= 0.6 is 0 Å². The Morgan fingerprint density at radius 1 is 0.917 bits per heavy atom. The number of phenolic OH excluding ortho intramolecular Hbond substituents is 1. The van der Waals surface area contributed by atoms with Gasteiger partial charge in [-0.15, -0.1) is 0 Å². The van der Waals surface area contributed by atoms with Gasteiger partial charge in [0, 0.05) is 5.54 Å². The molecule has 24 heavy (non-hydrogen) atoms. The van der Waals surface area contributed by atoms with Gasteiger partial charge in [-0.1, -0.05) is 57.2 Å². The highest BCUT2D eigenvalue weighted by atomic mass is 16.3. The van der Waals surface area contributed by atoms with Crippen LogP contribution in [0.2, 0.25) is 0 Å². The van der Waals surface area contributed by atoms with Gasteiger partial charge in [0.2, 0.25) is 0 Å². The highest BCUT2D eigenvalue weighted by Crippen LogP contribution is 2.37. The second-order valence-corrected chi connectivity index (χ2v) is 6.67. The molecule has 0 saturated heterocycles. The van der Waals surface area contributed by atoms with E-state index in [-0.39, 0.29) is 11.3 Å². The second kappa shape index (κ2) is 7.37. The van der Waals surface area contributed by atoms with Crippen molar-refractivity contribution in [2.45, 2.75) is 57.6 Å². The predicted molar refractivity (Wildman–Crippen MR) is 99.0 cm³/mol. The normalized spacial score (nSPS) is 14.4. The van der Waals surface area contributed by atoms with E-state index in [2.05, 4.69) is 13.8 Å². The van der Waals surface area contributed by atoms with Crippen molar-refractivity contribution >= 4 is 0 Å². The molecule has 0 aliphatic rings. The SMILES string of the molecule is CCC(N)(CC)Cc1cc(O)ccc1C(O)(CC)c1ccccc1.